The molecule has 0 bridgehead atoms. The molecule has 2 saturated heterocycles. The summed E-state index contributed by atoms with van der Waals surface area (Å²) >= 11 is 0. The van der Waals surface area contributed by atoms with Crippen LogP contribution < -0.4 is 9.80 Å². The highest BCUT2D eigenvalue weighted by Crippen LogP contribution is 2.33. The number of rotatable bonds is 8. The molecular weight excluding hydrogens is 992 g/mol. The third-order valence-electron chi connectivity index (χ3n) is 14.3. The molecule has 76 heavy (non-hydrogen) atoms. The Labute approximate surface area is 457 Å². The second-order valence-electron chi connectivity index (χ2n) is 21.5. The van der Waals surface area contributed by atoms with Crippen LogP contribution >= 0.6 is 24.8 Å². The van der Waals surface area contributed by atoms with E-state index in [9.17, 15) is 0 Å². The Morgan fingerprint density at radius 2 is 0.776 bits per heavy atom. The van der Waals surface area contributed by atoms with Crippen LogP contribution in [-0.2, 0) is 23.9 Å². The number of para-hydroxylation sites is 2. The molecule has 6 heterocycles. The molecule has 0 atom stereocenters. The number of benzene rings is 6. The van der Waals surface area contributed by atoms with E-state index >= 15 is 0 Å². The Morgan fingerprint density at radius 3 is 1.13 bits per heavy atom. The van der Waals surface area contributed by atoms with Crippen molar-refractivity contribution in [1.82, 2.24) is 49.7 Å². The molecule has 4 aromatic heterocycles. The first-order chi connectivity index (χ1) is 34.9. The molecule has 6 N–H and O–H groups in total. The van der Waals surface area contributed by atoms with Crippen molar-refractivity contribution in [1.29, 1.82) is 0 Å². The molecule has 0 amide bonds. The van der Waals surface area contributed by atoms with Crippen molar-refractivity contribution in [3.05, 3.63) is 168 Å². The summed E-state index contributed by atoms with van der Waals surface area (Å²) in [5, 5.41) is 0. The van der Waals surface area contributed by atoms with Gasteiger partial charge in [-0.2, -0.15) is 0 Å². The molecule has 16 heteroatoms. The van der Waals surface area contributed by atoms with Crippen LogP contribution in [0.25, 0.3) is 66.9 Å². The lowest BCUT2D eigenvalue weighted by atomic mass is 9.87. The first-order valence-corrected chi connectivity index (χ1v) is 25.4. The zero-order valence-corrected chi connectivity index (χ0v) is 45.8. The van der Waals surface area contributed by atoms with Crippen molar-refractivity contribution >= 4 is 80.3 Å². The number of H-pyrrole nitrogens is 2. The smallest absolute Gasteiger partial charge is 0.138 e. The van der Waals surface area contributed by atoms with E-state index in [4.69, 9.17) is 9.97 Å². The highest BCUT2D eigenvalue weighted by atomic mass is 35.5. The van der Waals surface area contributed by atoms with Crippen molar-refractivity contribution < 1.29 is 11.0 Å². The van der Waals surface area contributed by atoms with Crippen LogP contribution in [0.2, 0.25) is 0 Å². The Hall–Kier alpha value is -7.04. The molecular formula is C60H70Cl2N12O2. The minimum absolute atomic E-state index is 0. The Bertz CT molecular complexity index is 3270. The molecule has 0 saturated carbocycles. The standard InChI is InChI=1S/2C30H32N6.2ClH.2H2O/c2*1-30(2,3)23-10-8-22(9-11-23)29-33-25-5-4-6-27(28(25)34-29)36-17-15-35(16-18-36)20-21-7-12-24-26(19-21)32-14-13-31-24;;;;/h2*4-14,19H,15-18,20H2,1-3H3,(H,33,34);2*1H;2*1H2. The predicted octanol–water partition coefficient (Wildman–Crippen LogP) is 10.8. The third-order valence-corrected chi connectivity index (χ3v) is 14.3. The van der Waals surface area contributed by atoms with Gasteiger partial charge in [0, 0.05) is 101 Å². The van der Waals surface area contributed by atoms with Gasteiger partial charge >= 0.3 is 0 Å². The van der Waals surface area contributed by atoms with Crippen LogP contribution in [0, 0.1) is 0 Å². The third kappa shape index (κ3) is 12.5. The van der Waals surface area contributed by atoms with Crippen molar-refractivity contribution in [3.8, 4) is 22.8 Å². The molecule has 6 aromatic carbocycles. The number of piperazine rings is 2. The fourth-order valence-electron chi connectivity index (χ4n) is 10.1. The molecule has 2 fully saturated rings. The largest absolute Gasteiger partial charge is 0.412 e. The average Bonchev–Trinajstić information content (AvgIpc) is 4.05. The van der Waals surface area contributed by atoms with Gasteiger partial charge in [-0.3, -0.25) is 29.7 Å². The molecule has 396 valence electrons. The maximum absolute atomic E-state index is 5.04. The van der Waals surface area contributed by atoms with E-state index in [1.54, 1.807) is 24.8 Å². The highest BCUT2D eigenvalue weighted by molar-refractivity contribution is 5.92. The maximum Gasteiger partial charge on any atom is 0.138 e. The number of hydrogen-bond donors (Lipinski definition) is 2. The van der Waals surface area contributed by atoms with Crippen molar-refractivity contribution in [2.75, 3.05) is 62.2 Å². The predicted molar refractivity (Wildman–Crippen MR) is 316 cm³/mol. The summed E-state index contributed by atoms with van der Waals surface area (Å²) in [6.45, 7) is 23.3. The fourth-order valence-corrected chi connectivity index (χ4v) is 10.1. The molecule has 0 aliphatic carbocycles. The van der Waals surface area contributed by atoms with Gasteiger partial charge in [-0.05, 0) is 81.6 Å². The van der Waals surface area contributed by atoms with Crippen LogP contribution in [0.5, 0.6) is 0 Å². The van der Waals surface area contributed by atoms with E-state index in [0.717, 1.165) is 132 Å². The second-order valence-corrected chi connectivity index (χ2v) is 21.5. The van der Waals surface area contributed by atoms with Gasteiger partial charge in [0.05, 0.1) is 44.5 Å². The van der Waals surface area contributed by atoms with Crippen molar-refractivity contribution in [3.63, 3.8) is 0 Å². The van der Waals surface area contributed by atoms with E-state index in [1.807, 2.05) is 0 Å². The Morgan fingerprint density at radius 1 is 0.421 bits per heavy atom. The van der Waals surface area contributed by atoms with Crippen LogP contribution in [0.4, 0.5) is 11.4 Å². The lowest BCUT2D eigenvalue weighted by Crippen LogP contribution is -2.46. The SMILES string of the molecule is CC(C)(C)c1ccc(-c2nc3c(N4CCN(Cc5ccc6nccnc6c5)CC4)cccc3[nH]2)cc1.CC(C)(C)c1ccc(-c2nc3c(N4CCN(Cc5ccc6nccnc6c5)CC4)cccc3[nH]2)cc1.Cl.Cl.O.O. The first kappa shape index (κ1) is 56.7. The highest BCUT2D eigenvalue weighted by Gasteiger charge is 2.23. The van der Waals surface area contributed by atoms with Crippen molar-refractivity contribution in [2.45, 2.75) is 65.5 Å². The zero-order chi connectivity index (χ0) is 49.4. The van der Waals surface area contributed by atoms with Gasteiger partial charge in [0.1, 0.15) is 22.7 Å². The summed E-state index contributed by atoms with van der Waals surface area (Å²) in [6.07, 6.45) is 7.00. The lowest BCUT2D eigenvalue weighted by Gasteiger charge is -2.36. The number of nitrogens with one attached hydrogen (secondary N) is 2. The van der Waals surface area contributed by atoms with Gasteiger partial charge in [0.25, 0.3) is 0 Å². The van der Waals surface area contributed by atoms with Gasteiger partial charge in [-0.1, -0.05) is 114 Å². The van der Waals surface area contributed by atoms with Crippen LogP contribution in [-0.4, -0.2) is 113 Å². The van der Waals surface area contributed by atoms with Gasteiger partial charge < -0.3 is 30.7 Å². The molecule has 0 radical (unpaired) electrons. The number of aromatic amines is 2. The monoisotopic (exact) mass is 1060 g/mol. The van der Waals surface area contributed by atoms with Gasteiger partial charge in [-0.15, -0.1) is 24.8 Å². The summed E-state index contributed by atoms with van der Waals surface area (Å²) < 4.78 is 0. The van der Waals surface area contributed by atoms with Crippen LogP contribution in [0.3, 0.4) is 0 Å². The molecule has 10 aromatic rings. The molecule has 0 unspecified atom stereocenters. The average molecular weight is 1060 g/mol. The first-order valence-electron chi connectivity index (χ1n) is 25.4. The summed E-state index contributed by atoms with van der Waals surface area (Å²) in [5.74, 6) is 1.85. The zero-order valence-electron chi connectivity index (χ0n) is 44.2. The minimum Gasteiger partial charge on any atom is -0.412 e. The summed E-state index contributed by atoms with van der Waals surface area (Å²) in [7, 11) is 0. The topological polar surface area (TPSA) is 185 Å². The minimum atomic E-state index is 0. The fraction of sp³-hybridized carbons (Fsp3) is 0.300. The van der Waals surface area contributed by atoms with E-state index in [1.165, 1.54) is 33.6 Å². The Kier molecular flexibility index (Phi) is 17.8. The van der Waals surface area contributed by atoms with E-state index in [2.05, 4.69) is 212 Å². The summed E-state index contributed by atoms with van der Waals surface area (Å²) in [6, 6.07) is 43.3. The number of nitrogens with zero attached hydrogens (tertiary/aromatic N) is 10. The van der Waals surface area contributed by atoms with Crippen molar-refractivity contribution in [2.24, 2.45) is 0 Å². The van der Waals surface area contributed by atoms with Gasteiger partial charge in [0.15, 0.2) is 0 Å². The summed E-state index contributed by atoms with van der Waals surface area (Å²) in [4.78, 5) is 44.8. The van der Waals surface area contributed by atoms with E-state index in [0.29, 0.717) is 0 Å². The molecule has 2 aliphatic rings. The van der Waals surface area contributed by atoms with Gasteiger partial charge in [-0.25, -0.2) is 9.97 Å². The number of imidazole rings is 2. The van der Waals surface area contributed by atoms with Crippen LogP contribution in [0.1, 0.15) is 63.8 Å². The maximum atomic E-state index is 5.04. The Balaban J connectivity index is 0.000000210. The normalized spacial score (nSPS) is 14.3. The number of fused-ring (bicyclic) bond motifs is 4. The summed E-state index contributed by atoms with van der Waals surface area (Å²) in [5.41, 5.74) is 18.3. The number of hydrogen-bond acceptors (Lipinski definition) is 10. The number of anilines is 2. The van der Waals surface area contributed by atoms with E-state index < -0.39 is 0 Å². The molecule has 2 aliphatic heterocycles. The number of halogens is 2. The second kappa shape index (κ2) is 23.9. The molecule has 14 nitrogen and oxygen atoms in total. The molecule has 0 spiro atoms. The van der Waals surface area contributed by atoms with Crippen LogP contribution in [0.15, 0.2) is 146 Å². The number of aromatic nitrogens is 8. The van der Waals surface area contributed by atoms with Gasteiger partial charge in [0.2, 0.25) is 0 Å². The molecule has 12 rings (SSSR count). The lowest BCUT2D eigenvalue weighted by molar-refractivity contribution is 0.250. The van der Waals surface area contributed by atoms with E-state index in [-0.39, 0.29) is 46.6 Å². The quantitative estimate of drug-likeness (QED) is 0.148.